The monoisotopic (exact) mass is 442 g/mol. The third-order valence-electron chi connectivity index (χ3n) is 5.44. The molecule has 0 spiro atoms. The molecule has 2 saturated heterocycles. The Morgan fingerprint density at radius 3 is 2.58 bits per heavy atom. The molecular formula is C24H26O6S. The summed E-state index contributed by atoms with van der Waals surface area (Å²) in [7, 11) is -1.32. The Balaban J connectivity index is 1.40. The number of benzene rings is 2. The fraction of sp³-hybridized carbons (Fsp3) is 0.375. The predicted octanol–water partition coefficient (Wildman–Crippen LogP) is 3.82. The number of rotatable bonds is 7. The van der Waals surface area contributed by atoms with Crippen molar-refractivity contribution >= 4 is 17.1 Å². The van der Waals surface area contributed by atoms with Crippen LogP contribution in [0.25, 0.3) is 0 Å². The molecule has 0 N–H and O–H groups in total. The van der Waals surface area contributed by atoms with Gasteiger partial charge >= 0.3 is 0 Å². The van der Waals surface area contributed by atoms with E-state index in [0.29, 0.717) is 17.9 Å². The zero-order chi connectivity index (χ0) is 21.6. The quantitative estimate of drug-likeness (QED) is 0.480. The van der Waals surface area contributed by atoms with Gasteiger partial charge in [0.1, 0.15) is 24.6 Å². The SMILES string of the molecule is Cc1ccc(S(=O)/C=C\O[C@@H]2C[C@@H]3O[C@H](c4ccccc4)OC[C@H]3O[C@H]2CC=O)cc1. The lowest BCUT2D eigenvalue weighted by Crippen LogP contribution is -2.53. The Morgan fingerprint density at radius 2 is 1.84 bits per heavy atom. The largest absolute Gasteiger partial charge is 0.495 e. The molecule has 0 saturated carbocycles. The summed E-state index contributed by atoms with van der Waals surface area (Å²) < 4.78 is 36.4. The van der Waals surface area contributed by atoms with E-state index in [-0.39, 0.29) is 24.7 Å². The number of carbonyl (C=O) groups excluding carboxylic acids is 1. The molecule has 6 atom stereocenters. The molecule has 7 heteroatoms. The standard InChI is InChI=1S/C24H26O6S/c1-17-7-9-19(10-8-17)31(26)14-13-27-21-15-22-23(29-20(21)11-12-25)16-28-24(30-22)18-5-3-2-4-6-18/h2-10,12-14,20-24H,11,15-16H2,1H3/b14-13-/t20-,21+,22-,23+,24+,31?/m0/s1. The van der Waals surface area contributed by atoms with Crippen molar-refractivity contribution in [3.63, 3.8) is 0 Å². The van der Waals surface area contributed by atoms with Gasteiger partial charge in [-0.3, -0.25) is 0 Å². The molecule has 31 heavy (non-hydrogen) atoms. The first kappa shape index (κ1) is 21.9. The van der Waals surface area contributed by atoms with Crippen LogP contribution in [-0.2, 0) is 34.5 Å². The van der Waals surface area contributed by atoms with Gasteiger partial charge in [-0.15, -0.1) is 0 Å². The first-order chi connectivity index (χ1) is 15.1. The summed E-state index contributed by atoms with van der Waals surface area (Å²) in [6, 6.07) is 17.2. The van der Waals surface area contributed by atoms with Crippen molar-refractivity contribution in [1.29, 1.82) is 0 Å². The fourth-order valence-corrected chi connectivity index (χ4v) is 4.49. The van der Waals surface area contributed by atoms with Crippen LogP contribution < -0.4 is 0 Å². The summed E-state index contributed by atoms with van der Waals surface area (Å²) in [6.45, 7) is 2.37. The van der Waals surface area contributed by atoms with E-state index in [1.807, 2.05) is 61.5 Å². The van der Waals surface area contributed by atoms with Crippen LogP contribution in [0.15, 0.2) is 71.2 Å². The minimum atomic E-state index is -1.32. The van der Waals surface area contributed by atoms with E-state index in [0.717, 1.165) is 17.4 Å². The van der Waals surface area contributed by atoms with Crippen LogP contribution in [0.5, 0.6) is 0 Å². The van der Waals surface area contributed by atoms with Crippen LogP contribution in [0.4, 0.5) is 0 Å². The Bertz CT molecular complexity index is 913. The smallest absolute Gasteiger partial charge is 0.184 e. The number of ether oxygens (including phenoxy) is 4. The summed E-state index contributed by atoms with van der Waals surface area (Å²) in [5.41, 5.74) is 2.05. The molecule has 2 aliphatic heterocycles. The van der Waals surface area contributed by atoms with Gasteiger partial charge in [-0.1, -0.05) is 48.0 Å². The van der Waals surface area contributed by atoms with Crippen LogP contribution in [0.1, 0.15) is 30.3 Å². The molecule has 2 fully saturated rings. The van der Waals surface area contributed by atoms with Gasteiger partial charge in [-0.2, -0.15) is 0 Å². The highest BCUT2D eigenvalue weighted by molar-refractivity contribution is 7.88. The van der Waals surface area contributed by atoms with Crippen molar-refractivity contribution in [3.05, 3.63) is 77.4 Å². The Hall–Kier alpha value is -2.32. The Labute approximate surface area is 184 Å². The molecule has 2 heterocycles. The van der Waals surface area contributed by atoms with Crippen LogP contribution in [0, 0.1) is 6.92 Å². The van der Waals surface area contributed by atoms with Gasteiger partial charge < -0.3 is 23.7 Å². The molecule has 1 unspecified atom stereocenters. The van der Waals surface area contributed by atoms with E-state index in [2.05, 4.69) is 0 Å². The topological polar surface area (TPSA) is 71.1 Å². The van der Waals surface area contributed by atoms with Gasteiger partial charge in [-0.25, -0.2) is 4.21 Å². The number of hydrogen-bond acceptors (Lipinski definition) is 6. The lowest BCUT2D eigenvalue weighted by molar-refractivity contribution is -0.301. The molecule has 2 aromatic carbocycles. The second kappa shape index (κ2) is 10.3. The van der Waals surface area contributed by atoms with Crippen LogP contribution >= 0.6 is 0 Å². The third-order valence-corrected chi connectivity index (χ3v) is 6.53. The summed E-state index contributed by atoms with van der Waals surface area (Å²) >= 11 is 0. The summed E-state index contributed by atoms with van der Waals surface area (Å²) in [4.78, 5) is 11.8. The van der Waals surface area contributed by atoms with Crippen molar-refractivity contribution < 1.29 is 28.0 Å². The maximum atomic E-state index is 12.4. The first-order valence-electron chi connectivity index (χ1n) is 10.3. The lowest BCUT2D eigenvalue weighted by Gasteiger charge is -2.44. The summed E-state index contributed by atoms with van der Waals surface area (Å²) in [5, 5.41) is 1.51. The number of carbonyl (C=O) groups is 1. The molecular weight excluding hydrogens is 416 g/mol. The van der Waals surface area contributed by atoms with Crippen molar-refractivity contribution in [2.45, 2.75) is 55.4 Å². The minimum absolute atomic E-state index is 0.213. The van der Waals surface area contributed by atoms with Gasteiger partial charge in [0.25, 0.3) is 0 Å². The third kappa shape index (κ3) is 5.49. The van der Waals surface area contributed by atoms with E-state index in [9.17, 15) is 9.00 Å². The Morgan fingerprint density at radius 1 is 1.06 bits per heavy atom. The fourth-order valence-electron chi connectivity index (χ4n) is 3.77. The normalized spacial score (nSPS) is 29.3. The molecule has 2 aliphatic rings. The highest BCUT2D eigenvalue weighted by Crippen LogP contribution is 2.35. The van der Waals surface area contributed by atoms with E-state index < -0.39 is 23.2 Å². The number of aryl methyl sites for hydroxylation is 1. The molecule has 0 bridgehead atoms. The molecule has 0 aliphatic carbocycles. The lowest BCUT2D eigenvalue weighted by atomic mass is 9.95. The molecule has 4 rings (SSSR count). The predicted molar refractivity (Wildman–Crippen MR) is 116 cm³/mol. The van der Waals surface area contributed by atoms with Gasteiger partial charge in [0.2, 0.25) is 0 Å². The van der Waals surface area contributed by atoms with Gasteiger partial charge in [-0.05, 0) is 19.1 Å². The highest BCUT2D eigenvalue weighted by atomic mass is 32.2. The molecule has 164 valence electrons. The van der Waals surface area contributed by atoms with E-state index in [1.54, 1.807) is 0 Å². The minimum Gasteiger partial charge on any atom is -0.495 e. The summed E-state index contributed by atoms with van der Waals surface area (Å²) in [6.07, 6.45) is 1.31. The molecule has 6 nitrogen and oxygen atoms in total. The van der Waals surface area contributed by atoms with Crippen molar-refractivity contribution in [2.24, 2.45) is 0 Å². The second-order valence-electron chi connectivity index (χ2n) is 7.66. The summed E-state index contributed by atoms with van der Waals surface area (Å²) in [5.74, 6) is 0. The average Bonchev–Trinajstić information content (AvgIpc) is 2.80. The van der Waals surface area contributed by atoms with Crippen LogP contribution in [-0.4, -0.2) is 41.5 Å². The van der Waals surface area contributed by atoms with Gasteiger partial charge in [0, 0.05) is 28.7 Å². The van der Waals surface area contributed by atoms with Gasteiger partial charge in [0.05, 0.1) is 29.8 Å². The molecule has 0 aromatic heterocycles. The van der Waals surface area contributed by atoms with E-state index >= 15 is 0 Å². The second-order valence-corrected chi connectivity index (χ2v) is 9.00. The van der Waals surface area contributed by atoms with Crippen molar-refractivity contribution in [2.75, 3.05) is 6.61 Å². The van der Waals surface area contributed by atoms with Crippen molar-refractivity contribution in [1.82, 2.24) is 0 Å². The molecule has 0 radical (unpaired) electrons. The van der Waals surface area contributed by atoms with Crippen LogP contribution in [0.3, 0.4) is 0 Å². The van der Waals surface area contributed by atoms with Crippen molar-refractivity contribution in [3.8, 4) is 0 Å². The number of hydrogen-bond donors (Lipinski definition) is 0. The molecule has 0 amide bonds. The van der Waals surface area contributed by atoms with Crippen LogP contribution in [0.2, 0.25) is 0 Å². The molecule has 2 aromatic rings. The van der Waals surface area contributed by atoms with E-state index in [1.165, 1.54) is 11.7 Å². The maximum Gasteiger partial charge on any atom is 0.184 e. The van der Waals surface area contributed by atoms with E-state index in [4.69, 9.17) is 18.9 Å². The zero-order valence-electron chi connectivity index (χ0n) is 17.3. The Kier molecular flexibility index (Phi) is 7.29. The average molecular weight is 443 g/mol. The number of fused-ring (bicyclic) bond motifs is 1. The van der Waals surface area contributed by atoms with Gasteiger partial charge in [0.15, 0.2) is 6.29 Å². The first-order valence-corrected chi connectivity index (χ1v) is 11.6. The number of aldehydes is 1. The highest BCUT2D eigenvalue weighted by Gasteiger charge is 2.43. The maximum absolute atomic E-state index is 12.4. The zero-order valence-corrected chi connectivity index (χ0v) is 18.1.